The SMILES string of the molecule is C[C@H]1OC(c2ccc(OCCCO)cc2)=N[C@@]1(Cc1ccccc1N=[N+]=[N-])C(=O)Nc1ccccc1. The van der Waals surface area contributed by atoms with Crippen molar-refractivity contribution in [1.82, 2.24) is 0 Å². The zero-order valence-electron chi connectivity index (χ0n) is 19.9. The van der Waals surface area contributed by atoms with Crippen LogP contribution in [-0.4, -0.2) is 41.8 Å². The molecule has 0 unspecified atom stereocenters. The highest BCUT2D eigenvalue weighted by atomic mass is 16.5. The number of nitrogens with one attached hydrogen (secondary N) is 1. The molecule has 2 N–H and O–H groups in total. The van der Waals surface area contributed by atoms with Crippen LogP contribution in [0.5, 0.6) is 5.75 Å². The predicted octanol–water partition coefficient (Wildman–Crippen LogP) is 5.18. The van der Waals surface area contributed by atoms with Crippen LogP contribution < -0.4 is 10.1 Å². The molecule has 1 aliphatic rings. The van der Waals surface area contributed by atoms with Crippen LogP contribution in [-0.2, 0) is 16.0 Å². The Morgan fingerprint density at radius 2 is 1.86 bits per heavy atom. The van der Waals surface area contributed by atoms with Crippen molar-refractivity contribution in [3.05, 3.63) is 100 Å². The standard InChI is InChI=1S/C27H27N5O4/c1-19-27(26(34)29-22-9-3-2-4-10-22,18-21-8-5-6-11-24(21)31-32-28)30-25(36-19)20-12-14-23(15-13-20)35-17-7-16-33/h2-6,8-15,19,33H,7,16-18H2,1H3,(H,29,34)/t19-,27-/m1/s1. The molecule has 0 spiro atoms. The smallest absolute Gasteiger partial charge is 0.256 e. The average Bonchev–Trinajstić information content (AvgIpc) is 3.23. The molecule has 9 nitrogen and oxygen atoms in total. The van der Waals surface area contributed by atoms with E-state index >= 15 is 0 Å². The Kier molecular flexibility index (Phi) is 7.85. The summed E-state index contributed by atoms with van der Waals surface area (Å²) in [4.78, 5) is 21.5. The molecule has 9 heteroatoms. The summed E-state index contributed by atoms with van der Waals surface area (Å²) in [7, 11) is 0. The number of carbonyl (C=O) groups excluding carboxylic acids is 1. The Morgan fingerprint density at radius 3 is 2.58 bits per heavy atom. The molecule has 1 heterocycles. The molecule has 0 aliphatic carbocycles. The normalized spacial score (nSPS) is 18.5. The number of amides is 1. The van der Waals surface area contributed by atoms with Gasteiger partial charge in [0.05, 0.1) is 6.61 Å². The summed E-state index contributed by atoms with van der Waals surface area (Å²) in [5, 5.41) is 15.7. The highest BCUT2D eigenvalue weighted by molar-refractivity contribution is 6.05. The Morgan fingerprint density at radius 1 is 1.14 bits per heavy atom. The number of hydrogen-bond donors (Lipinski definition) is 2. The zero-order valence-corrected chi connectivity index (χ0v) is 19.9. The summed E-state index contributed by atoms with van der Waals surface area (Å²) in [6, 6.07) is 23.5. The fourth-order valence-corrected chi connectivity index (χ4v) is 4.00. The number of benzene rings is 3. The number of aliphatic hydroxyl groups is 1. The molecule has 2 atom stereocenters. The first-order valence-electron chi connectivity index (χ1n) is 11.7. The minimum Gasteiger partial charge on any atom is -0.494 e. The van der Waals surface area contributed by atoms with Crippen molar-refractivity contribution in [3.8, 4) is 5.75 Å². The lowest BCUT2D eigenvalue weighted by Gasteiger charge is -2.28. The molecular weight excluding hydrogens is 458 g/mol. The fraction of sp³-hybridized carbons (Fsp3) is 0.259. The lowest BCUT2D eigenvalue weighted by Crippen LogP contribution is -2.49. The Balaban J connectivity index is 1.69. The van der Waals surface area contributed by atoms with Gasteiger partial charge in [0, 0.05) is 41.3 Å². The Bertz CT molecular complexity index is 1270. The number of azide groups is 1. The van der Waals surface area contributed by atoms with Gasteiger partial charge in [-0.1, -0.05) is 47.6 Å². The second-order valence-electron chi connectivity index (χ2n) is 8.37. The van der Waals surface area contributed by atoms with Crippen LogP contribution in [0.4, 0.5) is 11.4 Å². The van der Waals surface area contributed by atoms with Gasteiger partial charge >= 0.3 is 0 Å². The van der Waals surface area contributed by atoms with Gasteiger partial charge < -0.3 is 19.9 Å². The van der Waals surface area contributed by atoms with Crippen LogP contribution in [0.2, 0.25) is 0 Å². The van der Waals surface area contributed by atoms with Gasteiger partial charge in [-0.25, -0.2) is 4.99 Å². The van der Waals surface area contributed by atoms with Crippen molar-refractivity contribution in [2.24, 2.45) is 10.1 Å². The van der Waals surface area contributed by atoms with Gasteiger partial charge in [0.1, 0.15) is 11.9 Å². The van der Waals surface area contributed by atoms with Crippen molar-refractivity contribution in [3.63, 3.8) is 0 Å². The lowest BCUT2D eigenvalue weighted by molar-refractivity contribution is -0.123. The number of hydrogen-bond acceptors (Lipinski definition) is 6. The maximum Gasteiger partial charge on any atom is 0.256 e. The van der Waals surface area contributed by atoms with Gasteiger partial charge in [-0.15, -0.1) is 0 Å². The van der Waals surface area contributed by atoms with Gasteiger partial charge in [0.15, 0.2) is 5.54 Å². The van der Waals surface area contributed by atoms with E-state index in [0.717, 1.165) is 0 Å². The lowest BCUT2D eigenvalue weighted by atomic mass is 9.85. The maximum atomic E-state index is 13.8. The van der Waals surface area contributed by atoms with Crippen molar-refractivity contribution < 1.29 is 19.4 Å². The van der Waals surface area contributed by atoms with Gasteiger partial charge in [-0.3, -0.25) is 4.79 Å². The third-order valence-electron chi connectivity index (χ3n) is 5.96. The van der Waals surface area contributed by atoms with Crippen molar-refractivity contribution in [2.75, 3.05) is 18.5 Å². The molecule has 0 bridgehead atoms. The van der Waals surface area contributed by atoms with E-state index in [4.69, 9.17) is 25.1 Å². The van der Waals surface area contributed by atoms with Crippen molar-refractivity contribution >= 4 is 23.2 Å². The van der Waals surface area contributed by atoms with Crippen LogP contribution in [0, 0.1) is 0 Å². The minimum absolute atomic E-state index is 0.0660. The van der Waals surface area contributed by atoms with Crippen LogP contribution in [0.15, 0.2) is 89.0 Å². The molecule has 1 aliphatic heterocycles. The number of nitrogens with zero attached hydrogens (tertiary/aromatic N) is 4. The summed E-state index contributed by atoms with van der Waals surface area (Å²) in [5.74, 6) is 0.681. The number of anilines is 1. The molecule has 0 aromatic heterocycles. The van der Waals surface area contributed by atoms with Gasteiger partial charge in [0.25, 0.3) is 5.91 Å². The molecule has 3 aromatic carbocycles. The van der Waals surface area contributed by atoms with E-state index in [1.807, 2.05) is 49.4 Å². The molecule has 0 saturated heterocycles. The largest absolute Gasteiger partial charge is 0.494 e. The second-order valence-corrected chi connectivity index (χ2v) is 8.37. The van der Waals surface area contributed by atoms with Crippen LogP contribution in [0.25, 0.3) is 10.4 Å². The zero-order chi connectivity index (χ0) is 25.4. The highest BCUT2D eigenvalue weighted by Crippen LogP contribution is 2.36. The quantitative estimate of drug-likeness (QED) is 0.177. The number of rotatable bonds is 10. The monoisotopic (exact) mass is 485 g/mol. The number of aliphatic imine (C=N–C) groups is 1. The summed E-state index contributed by atoms with van der Waals surface area (Å²) in [6.07, 6.45) is 0.120. The molecule has 36 heavy (non-hydrogen) atoms. The highest BCUT2D eigenvalue weighted by Gasteiger charge is 2.50. The van der Waals surface area contributed by atoms with E-state index < -0.39 is 11.6 Å². The van der Waals surface area contributed by atoms with E-state index in [2.05, 4.69) is 15.3 Å². The summed E-state index contributed by atoms with van der Waals surface area (Å²) in [6.45, 7) is 2.29. The molecule has 3 aromatic rings. The Labute approximate surface area is 209 Å². The molecule has 4 rings (SSSR count). The van der Waals surface area contributed by atoms with Gasteiger partial charge in [0.2, 0.25) is 5.90 Å². The van der Waals surface area contributed by atoms with E-state index in [1.165, 1.54) is 0 Å². The molecule has 0 saturated carbocycles. The summed E-state index contributed by atoms with van der Waals surface area (Å²) < 4.78 is 11.7. The first kappa shape index (κ1) is 24.8. The third-order valence-corrected chi connectivity index (χ3v) is 5.96. The number of carbonyl (C=O) groups is 1. The van der Waals surface area contributed by atoms with E-state index in [0.29, 0.717) is 47.2 Å². The van der Waals surface area contributed by atoms with Crippen LogP contribution >= 0.6 is 0 Å². The van der Waals surface area contributed by atoms with Crippen molar-refractivity contribution in [2.45, 2.75) is 31.4 Å². The maximum absolute atomic E-state index is 13.8. The first-order chi connectivity index (χ1) is 17.6. The minimum atomic E-state index is -1.30. The number of ether oxygens (including phenoxy) is 2. The molecule has 1 amide bonds. The van der Waals surface area contributed by atoms with Crippen molar-refractivity contribution in [1.29, 1.82) is 0 Å². The molecular formula is C27H27N5O4. The fourth-order valence-electron chi connectivity index (χ4n) is 4.00. The van der Waals surface area contributed by atoms with E-state index in [9.17, 15) is 4.79 Å². The third kappa shape index (κ3) is 5.49. The summed E-state index contributed by atoms with van der Waals surface area (Å²) >= 11 is 0. The van der Waals surface area contributed by atoms with Gasteiger partial charge in [-0.2, -0.15) is 0 Å². The number of aliphatic hydroxyl groups excluding tert-OH is 1. The molecule has 0 radical (unpaired) electrons. The number of para-hydroxylation sites is 1. The second kappa shape index (κ2) is 11.4. The van der Waals surface area contributed by atoms with E-state index in [-0.39, 0.29) is 18.9 Å². The summed E-state index contributed by atoms with van der Waals surface area (Å²) in [5.41, 5.74) is 10.2. The molecule has 0 fully saturated rings. The van der Waals surface area contributed by atoms with Gasteiger partial charge in [-0.05, 0) is 54.4 Å². The Hall–Kier alpha value is -4.33. The topological polar surface area (TPSA) is 129 Å². The average molecular weight is 486 g/mol. The van der Waals surface area contributed by atoms with Crippen LogP contribution in [0.3, 0.4) is 0 Å². The van der Waals surface area contributed by atoms with E-state index in [1.54, 1.807) is 36.4 Å². The van der Waals surface area contributed by atoms with Crippen LogP contribution in [0.1, 0.15) is 24.5 Å². The first-order valence-corrected chi connectivity index (χ1v) is 11.7. The predicted molar refractivity (Wildman–Crippen MR) is 137 cm³/mol. The molecule has 184 valence electrons.